The Morgan fingerprint density at radius 3 is 2.52 bits per heavy atom. The molecule has 0 saturated carbocycles. The predicted octanol–water partition coefficient (Wildman–Crippen LogP) is 5.06. The number of hydrogen-bond donors (Lipinski definition) is 2. The molecule has 2 aromatic rings. The van der Waals surface area contributed by atoms with Crippen LogP contribution in [0.25, 0.3) is 0 Å². The minimum Gasteiger partial charge on any atom is -0.405 e. The van der Waals surface area contributed by atoms with Gasteiger partial charge in [0.15, 0.2) is 0 Å². The first-order valence-electron chi connectivity index (χ1n) is 8.97. The molecule has 1 atom stereocenters. The topological polar surface area (TPSA) is 67.4 Å². The number of amides is 2. The summed E-state index contributed by atoms with van der Waals surface area (Å²) in [6, 6.07) is 8.92. The van der Waals surface area contributed by atoms with E-state index in [4.69, 9.17) is 23.2 Å². The number of carbonyl (C=O) groups is 2. The van der Waals surface area contributed by atoms with Gasteiger partial charge in [0.2, 0.25) is 5.91 Å². The summed E-state index contributed by atoms with van der Waals surface area (Å²) >= 11 is 13.4. The van der Waals surface area contributed by atoms with Crippen LogP contribution < -0.4 is 15.4 Å². The molecule has 0 saturated heterocycles. The molecular formula is C20H19Cl2F3N2O3S. The fourth-order valence-electron chi connectivity index (χ4n) is 2.59. The maximum atomic E-state index is 12.7. The van der Waals surface area contributed by atoms with Gasteiger partial charge >= 0.3 is 6.36 Å². The summed E-state index contributed by atoms with van der Waals surface area (Å²) in [7, 11) is 0. The Hall–Kier alpha value is -2.10. The Morgan fingerprint density at radius 1 is 1.16 bits per heavy atom. The first-order valence-corrected chi connectivity index (χ1v) is 11.1. The fraction of sp³-hybridized carbons (Fsp3) is 0.300. The Morgan fingerprint density at radius 2 is 1.87 bits per heavy atom. The van der Waals surface area contributed by atoms with E-state index in [1.54, 1.807) is 0 Å². The number of alkyl halides is 3. The summed E-state index contributed by atoms with van der Waals surface area (Å²) in [4.78, 5) is 25.2. The zero-order valence-corrected chi connectivity index (χ0v) is 18.6. The third-order valence-corrected chi connectivity index (χ3v) is 5.25. The maximum Gasteiger partial charge on any atom is 0.573 e. The minimum absolute atomic E-state index is 0.132. The summed E-state index contributed by atoms with van der Waals surface area (Å²) in [6.45, 7) is -0.210. The van der Waals surface area contributed by atoms with Gasteiger partial charge in [-0.15, -0.1) is 13.2 Å². The number of benzene rings is 2. The van der Waals surface area contributed by atoms with Crippen LogP contribution in [0.4, 0.5) is 13.2 Å². The molecule has 0 aliphatic rings. The van der Waals surface area contributed by atoms with Crippen molar-refractivity contribution in [3.63, 3.8) is 0 Å². The number of halogens is 5. The molecule has 168 valence electrons. The number of thioether (sulfide) groups is 1. The van der Waals surface area contributed by atoms with Gasteiger partial charge < -0.3 is 15.4 Å². The Bertz CT molecular complexity index is 929. The number of para-hydroxylation sites is 1. The monoisotopic (exact) mass is 494 g/mol. The number of nitrogens with one attached hydrogen (secondary N) is 2. The molecule has 0 bridgehead atoms. The number of ether oxygens (including phenoxy) is 1. The lowest BCUT2D eigenvalue weighted by Gasteiger charge is -2.19. The van der Waals surface area contributed by atoms with E-state index in [2.05, 4.69) is 15.4 Å². The Labute approximate surface area is 191 Å². The van der Waals surface area contributed by atoms with Crippen LogP contribution >= 0.6 is 35.0 Å². The molecule has 2 N–H and O–H groups in total. The molecule has 5 nitrogen and oxygen atoms in total. The highest BCUT2D eigenvalue weighted by Crippen LogP contribution is 2.26. The van der Waals surface area contributed by atoms with Gasteiger partial charge in [0.25, 0.3) is 5.91 Å². The molecule has 2 rings (SSSR count). The maximum absolute atomic E-state index is 12.7. The van der Waals surface area contributed by atoms with Crippen LogP contribution in [0, 0.1) is 0 Å². The van der Waals surface area contributed by atoms with Crippen molar-refractivity contribution in [1.82, 2.24) is 10.6 Å². The lowest BCUT2D eigenvalue weighted by molar-refractivity contribution is -0.274. The average molecular weight is 495 g/mol. The Kier molecular flexibility index (Phi) is 9.33. The average Bonchev–Trinajstić information content (AvgIpc) is 2.68. The van der Waals surface area contributed by atoms with Gasteiger partial charge in [-0.2, -0.15) is 11.8 Å². The summed E-state index contributed by atoms with van der Waals surface area (Å²) in [5.41, 5.74) is 0.292. The highest BCUT2D eigenvalue weighted by Gasteiger charge is 2.32. The molecule has 0 heterocycles. The minimum atomic E-state index is -4.85. The number of carbonyl (C=O) groups excluding carboxylic acids is 2. The van der Waals surface area contributed by atoms with Crippen LogP contribution in [0.5, 0.6) is 5.75 Å². The van der Waals surface area contributed by atoms with Crippen molar-refractivity contribution in [2.75, 3.05) is 12.0 Å². The molecular weight excluding hydrogens is 476 g/mol. The van der Waals surface area contributed by atoms with Crippen molar-refractivity contribution in [3.8, 4) is 5.75 Å². The second-order valence-corrected chi connectivity index (χ2v) is 8.13. The summed E-state index contributed by atoms with van der Waals surface area (Å²) in [5, 5.41) is 5.66. The molecule has 11 heteroatoms. The molecule has 0 aromatic heterocycles. The smallest absolute Gasteiger partial charge is 0.405 e. The van der Waals surface area contributed by atoms with Gasteiger partial charge in [-0.1, -0.05) is 41.4 Å². The van der Waals surface area contributed by atoms with E-state index in [9.17, 15) is 22.8 Å². The molecule has 0 aliphatic carbocycles. The molecule has 0 fully saturated rings. The SMILES string of the molecule is CSCCC(NC(=O)c1ccc(Cl)cc1Cl)C(=O)NCc1ccccc1OC(F)(F)F. The normalized spacial score (nSPS) is 12.2. The molecule has 2 amide bonds. The van der Waals surface area contributed by atoms with Gasteiger partial charge in [-0.3, -0.25) is 9.59 Å². The lowest BCUT2D eigenvalue weighted by atomic mass is 10.1. The first kappa shape index (κ1) is 25.2. The van der Waals surface area contributed by atoms with Gasteiger partial charge in [-0.05, 0) is 42.7 Å². The van der Waals surface area contributed by atoms with E-state index < -0.39 is 30.0 Å². The van der Waals surface area contributed by atoms with Crippen LogP contribution in [0.3, 0.4) is 0 Å². The van der Waals surface area contributed by atoms with Gasteiger partial charge in [0.05, 0.1) is 10.6 Å². The van der Waals surface area contributed by atoms with E-state index >= 15 is 0 Å². The largest absolute Gasteiger partial charge is 0.573 e. The van der Waals surface area contributed by atoms with E-state index in [0.717, 1.165) is 6.07 Å². The predicted molar refractivity (Wildman–Crippen MR) is 116 cm³/mol. The third-order valence-electron chi connectivity index (χ3n) is 4.06. The van der Waals surface area contributed by atoms with Crippen molar-refractivity contribution in [2.24, 2.45) is 0 Å². The van der Waals surface area contributed by atoms with E-state index in [1.807, 2.05) is 6.26 Å². The van der Waals surface area contributed by atoms with Crippen LogP contribution in [0.2, 0.25) is 10.0 Å². The first-order chi connectivity index (χ1) is 14.6. The van der Waals surface area contributed by atoms with Gasteiger partial charge in [0.1, 0.15) is 11.8 Å². The fourth-order valence-corrected chi connectivity index (χ4v) is 3.56. The molecule has 0 aliphatic heterocycles. The van der Waals surface area contributed by atoms with E-state index in [0.29, 0.717) is 17.2 Å². The quantitative estimate of drug-likeness (QED) is 0.511. The molecule has 2 aromatic carbocycles. The zero-order chi connectivity index (χ0) is 23.0. The van der Waals surface area contributed by atoms with Crippen molar-refractivity contribution in [3.05, 3.63) is 63.6 Å². The van der Waals surface area contributed by atoms with Crippen LogP contribution in [0.15, 0.2) is 42.5 Å². The van der Waals surface area contributed by atoms with E-state index in [1.165, 1.54) is 48.2 Å². The number of rotatable bonds is 9. The number of hydrogen-bond acceptors (Lipinski definition) is 4. The summed E-state index contributed by atoms with van der Waals surface area (Å²) in [5.74, 6) is -0.952. The van der Waals surface area contributed by atoms with Gasteiger partial charge in [0, 0.05) is 17.1 Å². The third kappa shape index (κ3) is 8.16. The lowest BCUT2D eigenvalue weighted by Crippen LogP contribution is -2.47. The van der Waals surface area contributed by atoms with Crippen molar-refractivity contribution in [1.29, 1.82) is 0 Å². The van der Waals surface area contributed by atoms with Crippen LogP contribution in [0.1, 0.15) is 22.3 Å². The second-order valence-electron chi connectivity index (χ2n) is 6.31. The molecule has 31 heavy (non-hydrogen) atoms. The van der Waals surface area contributed by atoms with Crippen molar-refractivity contribution in [2.45, 2.75) is 25.4 Å². The van der Waals surface area contributed by atoms with E-state index in [-0.39, 0.29) is 22.7 Å². The van der Waals surface area contributed by atoms with Crippen LogP contribution in [-0.4, -0.2) is 36.2 Å². The standard InChI is InChI=1S/C20H19Cl2F3N2O3S/c1-31-9-8-16(27-18(28)14-7-6-13(21)10-15(14)22)19(29)26-11-12-4-2-3-5-17(12)30-20(23,24)25/h2-7,10,16H,8-9,11H2,1H3,(H,26,29)(H,27,28). The summed E-state index contributed by atoms with van der Waals surface area (Å²) in [6.07, 6.45) is -2.70. The highest BCUT2D eigenvalue weighted by atomic mass is 35.5. The zero-order valence-electron chi connectivity index (χ0n) is 16.3. The van der Waals surface area contributed by atoms with Crippen LogP contribution in [-0.2, 0) is 11.3 Å². The van der Waals surface area contributed by atoms with Crippen molar-refractivity contribution < 1.29 is 27.5 Å². The molecule has 0 radical (unpaired) electrons. The van der Waals surface area contributed by atoms with Gasteiger partial charge in [-0.25, -0.2) is 0 Å². The molecule has 1 unspecified atom stereocenters. The Balaban J connectivity index is 2.09. The van der Waals surface area contributed by atoms with Crippen molar-refractivity contribution >= 4 is 46.8 Å². The molecule has 0 spiro atoms. The highest BCUT2D eigenvalue weighted by molar-refractivity contribution is 7.98. The second kappa shape index (κ2) is 11.5. The summed E-state index contributed by atoms with van der Waals surface area (Å²) < 4.78 is 41.7.